The van der Waals surface area contributed by atoms with Crippen LogP contribution in [0.1, 0.15) is 49.9 Å². The van der Waals surface area contributed by atoms with Crippen molar-refractivity contribution in [2.45, 2.75) is 45.6 Å². The smallest absolute Gasteiger partial charge is 0.303 e. The highest BCUT2D eigenvalue weighted by Gasteiger charge is 2.09. The van der Waals surface area contributed by atoms with Crippen LogP contribution in [0.2, 0.25) is 0 Å². The van der Waals surface area contributed by atoms with Gasteiger partial charge in [0.15, 0.2) is 5.78 Å². The molecule has 0 aromatic heterocycles. The summed E-state index contributed by atoms with van der Waals surface area (Å²) in [5.74, 6) is -0.408. The molecule has 1 amide bonds. The number of Topliss-reactive ketones (excluding diaryl/α,β-unsaturated/α-hetero) is 1. The monoisotopic (exact) mass is 321 g/mol. The molecule has 0 aliphatic rings. The summed E-state index contributed by atoms with van der Waals surface area (Å²) in [7, 11) is 0. The molecular weight excluding hydrogens is 298 g/mol. The highest BCUT2D eigenvalue weighted by molar-refractivity contribution is 5.94. The fourth-order valence-corrected chi connectivity index (χ4v) is 1.99. The first-order valence-corrected chi connectivity index (χ1v) is 7.63. The van der Waals surface area contributed by atoms with Crippen LogP contribution in [0.25, 0.3) is 0 Å². The largest absolute Gasteiger partial charge is 0.494 e. The van der Waals surface area contributed by atoms with Crippen LogP contribution in [0.4, 0.5) is 0 Å². The number of hydrogen-bond acceptors (Lipinski definition) is 4. The topological polar surface area (TPSA) is 92.7 Å². The van der Waals surface area contributed by atoms with E-state index in [2.05, 4.69) is 5.32 Å². The number of carboxylic acid groups (broad SMARTS) is 1. The van der Waals surface area contributed by atoms with E-state index in [9.17, 15) is 14.4 Å². The van der Waals surface area contributed by atoms with Gasteiger partial charge in [-0.15, -0.1) is 0 Å². The molecule has 6 nitrogen and oxygen atoms in total. The molecule has 0 heterocycles. The van der Waals surface area contributed by atoms with Crippen LogP contribution >= 0.6 is 0 Å². The molecule has 1 rings (SSSR count). The molecule has 2 N–H and O–H groups in total. The second-order valence-electron chi connectivity index (χ2n) is 5.44. The highest BCUT2D eigenvalue weighted by Crippen LogP contribution is 2.14. The van der Waals surface area contributed by atoms with Crippen LogP contribution in [0, 0.1) is 0 Å². The van der Waals surface area contributed by atoms with E-state index < -0.39 is 5.97 Å². The Morgan fingerprint density at radius 2 is 2.00 bits per heavy atom. The standard InChI is InChI=1S/C17H23NO5/c1-12(8-9-17(21)22)18-16(20)7-4-10-23-15-6-3-5-14(11-15)13(2)19/h3,5-6,11-12H,4,7-10H2,1-2H3,(H,18,20)(H,21,22). The number of aliphatic carboxylic acids is 1. The van der Waals surface area contributed by atoms with E-state index in [0.717, 1.165) is 0 Å². The third-order valence-electron chi connectivity index (χ3n) is 3.26. The molecule has 0 aliphatic carbocycles. The van der Waals surface area contributed by atoms with Crippen molar-refractivity contribution in [1.29, 1.82) is 0 Å². The van der Waals surface area contributed by atoms with Crippen LogP contribution in [0.5, 0.6) is 5.75 Å². The number of amides is 1. The van der Waals surface area contributed by atoms with Gasteiger partial charge in [-0.25, -0.2) is 0 Å². The van der Waals surface area contributed by atoms with Crippen LogP contribution in [0.3, 0.4) is 0 Å². The van der Waals surface area contributed by atoms with Gasteiger partial charge < -0.3 is 15.2 Å². The molecule has 0 fully saturated rings. The Labute approximate surface area is 135 Å². The lowest BCUT2D eigenvalue weighted by molar-refractivity contribution is -0.137. The number of carbonyl (C=O) groups excluding carboxylic acids is 2. The summed E-state index contributed by atoms with van der Waals surface area (Å²) >= 11 is 0. The summed E-state index contributed by atoms with van der Waals surface area (Å²) < 4.78 is 5.52. The molecule has 0 spiro atoms. The summed E-state index contributed by atoms with van der Waals surface area (Å²) in [6.07, 6.45) is 1.30. The molecule has 0 radical (unpaired) electrons. The lowest BCUT2D eigenvalue weighted by Crippen LogP contribution is -2.32. The van der Waals surface area contributed by atoms with E-state index in [1.54, 1.807) is 31.2 Å². The number of ketones is 1. The maximum Gasteiger partial charge on any atom is 0.303 e. The number of nitrogens with one attached hydrogen (secondary N) is 1. The van der Waals surface area contributed by atoms with Crippen molar-refractivity contribution in [3.63, 3.8) is 0 Å². The van der Waals surface area contributed by atoms with Crippen LogP contribution < -0.4 is 10.1 Å². The van der Waals surface area contributed by atoms with E-state index in [0.29, 0.717) is 37.2 Å². The third-order valence-corrected chi connectivity index (χ3v) is 3.26. The number of rotatable bonds is 10. The zero-order valence-electron chi connectivity index (χ0n) is 13.5. The van der Waals surface area contributed by atoms with Crippen molar-refractivity contribution in [2.75, 3.05) is 6.61 Å². The fourth-order valence-electron chi connectivity index (χ4n) is 1.99. The fraction of sp³-hybridized carbons (Fsp3) is 0.471. The number of carboxylic acids is 1. The molecule has 0 saturated carbocycles. The Balaban J connectivity index is 2.24. The molecule has 1 atom stereocenters. The third kappa shape index (κ3) is 7.99. The minimum Gasteiger partial charge on any atom is -0.494 e. The number of hydrogen-bond donors (Lipinski definition) is 2. The Hall–Kier alpha value is -2.37. The molecule has 1 aromatic carbocycles. The summed E-state index contributed by atoms with van der Waals surface area (Å²) in [5.41, 5.74) is 0.590. The van der Waals surface area contributed by atoms with E-state index in [-0.39, 0.29) is 24.2 Å². The van der Waals surface area contributed by atoms with E-state index in [4.69, 9.17) is 9.84 Å². The van der Waals surface area contributed by atoms with Gasteiger partial charge in [-0.3, -0.25) is 14.4 Å². The quantitative estimate of drug-likeness (QED) is 0.510. The minimum atomic E-state index is -0.868. The molecule has 1 aromatic rings. The van der Waals surface area contributed by atoms with Gasteiger partial charge in [-0.1, -0.05) is 12.1 Å². The number of carbonyl (C=O) groups is 3. The molecule has 6 heteroatoms. The van der Waals surface area contributed by atoms with Gasteiger partial charge in [-0.05, 0) is 38.8 Å². The first-order chi connectivity index (χ1) is 10.9. The summed E-state index contributed by atoms with van der Waals surface area (Å²) in [4.78, 5) is 33.4. The van der Waals surface area contributed by atoms with Crippen LogP contribution in [0.15, 0.2) is 24.3 Å². The average Bonchev–Trinajstić information content (AvgIpc) is 2.50. The zero-order chi connectivity index (χ0) is 17.2. The SMILES string of the molecule is CC(=O)c1cccc(OCCCC(=O)NC(C)CCC(=O)O)c1. The van der Waals surface area contributed by atoms with Crippen LogP contribution in [-0.4, -0.2) is 35.4 Å². The van der Waals surface area contributed by atoms with Gasteiger partial charge >= 0.3 is 5.97 Å². The Morgan fingerprint density at radius 3 is 2.65 bits per heavy atom. The predicted octanol–water partition coefficient (Wildman–Crippen LogP) is 2.42. The Kier molecular flexibility index (Phi) is 7.80. The summed E-state index contributed by atoms with van der Waals surface area (Å²) in [6, 6.07) is 6.76. The summed E-state index contributed by atoms with van der Waals surface area (Å²) in [5, 5.41) is 11.3. The number of ether oxygens (including phenoxy) is 1. The molecule has 126 valence electrons. The lowest BCUT2D eigenvalue weighted by atomic mass is 10.1. The van der Waals surface area contributed by atoms with E-state index in [1.807, 2.05) is 0 Å². The van der Waals surface area contributed by atoms with E-state index in [1.165, 1.54) is 6.92 Å². The van der Waals surface area contributed by atoms with Gasteiger partial charge in [0.1, 0.15) is 5.75 Å². The van der Waals surface area contributed by atoms with Gasteiger partial charge in [-0.2, -0.15) is 0 Å². The first kappa shape index (κ1) is 18.7. The lowest BCUT2D eigenvalue weighted by Gasteiger charge is -2.13. The predicted molar refractivity (Wildman–Crippen MR) is 85.7 cm³/mol. The van der Waals surface area contributed by atoms with Gasteiger partial charge in [0.05, 0.1) is 6.61 Å². The van der Waals surface area contributed by atoms with Gasteiger partial charge in [0.2, 0.25) is 5.91 Å². The van der Waals surface area contributed by atoms with Crippen molar-refractivity contribution >= 4 is 17.7 Å². The Morgan fingerprint density at radius 1 is 1.26 bits per heavy atom. The molecule has 0 saturated heterocycles. The van der Waals surface area contributed by atoms with Crippen molar-refractivity contribution in [3.8, 4) is 5.75 Å². The molecule has 0 bridgehead atoms. The van der Waals surface area contributed by atoms with Crippen LogP contribution in [-0.2, 0) is 9.59 Å². The number of benzene rings is 1. The maximum absolute atomic E-state index is 11.7. The minimum absolute atomic E-state index is 0.0230. The van der Waals surface area contributed by atoms with Crippen molar-refractivity contribution in [2.24, 2.45) is 0 Å². The molecular formula is C17H23NO5. The van der Waals surface area contributed by atoms with Crippen molar-refractivity contribution in [1.82, 2.24) is 5.32 Å². The van der Waals surface area contributed by atoms with E-state index >= 15 is 0 Å². The highest BCUT2D eigenvalue weighted by atomic mass is 16.5. The maximum atomic E-state index is 11.7. The summed E-state index contributed by atoms with van der Waals surface area (Å²) in [6.45, 7) is 3.65. The second kappa shape index (κ2) is 9.61. The van der Waals surface area contributed by atoms with Crippen molar-refractivity contribution < 1.29 is 24.2 Å². The first-order valence-electron chi connectivity index (χ1n) is 7.63. The second-order valence-corrected chi connectivity index (χ2v) is 5.44. The molecule has 23 heavy (non-hydrogen) atoms. The average molecular weight is 321 g/mol. The van der Waals surface area contributed by atoms with Crippen molar-refractivity contribution in [3.05, 3.63) is 29.8 Å². The molecule has 1 unspecified atom stereocenters. The zero-order valence-corrected chi connectivity index (χ0v) is 13.5. The normalized spacial score (nSPS) is 11.6. The Bertz CT molecular complexity index is 556. The van der Waals surface area contributed by atoms with Gasteiger partial charge in [0, 0.05) is 24.4 Å². The molecule has 0 aliphatic heterocycles. The van der Waals surface area contributed by atoms with Gasteiger partial charge in [0.25, 0.3) is 0 Å².